The minimum Gasteiger partial charge on any atom is -0.444 e. The van der Waals surface area contributed by atoms with Crippen molar-refractivity contribution >= 4 is 147 Å². The van der Waals surface area contributed by atoms with Crippen LogP contribution in [0.2, 0.25) is 5.28 Å². The minimum absolute atomic E-state index is 0. The van der Waals surface area contributed by atoms with Gasteiger partial charge in [-0.2, -0.15) is 15.0 Å². The number of hydrogen-bond acceptors (Lipinski definition) is 27. The van der Waals surface area contributed by atoms with E-state index in [0.717, 1.165) is 43.9 Å². The second kappa shape index (κ2) is 47.5. The maximum atomic E-state index is 11.9. The van der Waals surface area contributed by atoms with Crippen LogP contribution < -0.4 is 91.4 Å². The number of anilines is 1. The van der Waals surface area contributed by atoms with E-state index in [1.54, 1.807) is 56.9 Å². The number of aromatic nitrogens is 22. The largest absolute Gasteiger partial charge is 1.00 e. The molecule has 1 fully saturated rings. The summed E-state index contributed by atoms with van der Waals surface area (Å²) in [7, 11) is 0. The number of unbranched alkanes of at least 4 members (excludes halogenated alkanes) is 6. The molecule has 1 saturated heterocycles. The fraction of sp³-hybridized carbons (Fsp3) is 0.409. The third-order valence-electron chi connectivity index (χ3n) is 15.7. The number of halogens is 4. The SMILES string of the molecule is C.C=CCn1c(Cl)nc2[nH]c(=O)[nH]c(=O)c21.C=CCn1cnc2[nH]c(=O)[nH]c(=O)c21.C=CCn1cnc2c1c(=O)[nH]c(=O)n2CCCCC.C=CCn1cnc2nc(N=CCBr)[nH]c(=O)c21.CCCCCI.CCCCCn1c2c(c(=O)[nH]c1=O)CC(Cl)=N2.Nc1nc2c(ncn2[C@H]2O[C@@H](CO)[C@H](O)[C@@H]2O)c(=O)[nH]1.O=N[O-].[Na+]. The average molecular weight is 1800 g/mol. The van der Waals surface area contributed by atoms with Crippen molar-refractivity contribution in [2.45, 2.75) is 156 Å². The van der Waals surface area contributed by atoms with Gasteiger partial charge < -0.3 is 54.2 Å². The first-order valence-corrected chi connectivity index (χ1v) is 37.3. The van der Waals surface area contributed by atoms with Crippen LogP contribution in [-0.4, -0.2) is 168 Å². The molecule has 2 aliphatic rings. The summed E-state index contributed by atoms with van der Waals surface area (Å²) < 4.78 is 17.4. The number of fused-ring (bicyclic) bond motifs is 6. The van der Waals surface area contributed by atoms with E-state index in [2.05, 4.69) is 170 Å². The van der Waals surface area contributed by atoms with Crippen molar-refractivity contribution < 1.29 is 49.6 Å². The van der Waals surface area contributed by atoms with Crippen LogP contribution in [0.5, 0.6) is 0 Å². The first kappa shape index (κ1) is 95.3. The Morgan fingerprint density at radius 2 is 1.16 bits per heavy atom. The molecule has 13 N–H and O–H groups in total. The number of nitrogens with two attached hydrogens (primary N) is 1. The van der Waals surface area contributed by atoms with E-state index in [0.29, 0.717) is 101 Å². The number of imidazole rings is 5. The molecule has 42 nitrogen and oxygen atoms in total. The Morgan fingerprint density at radius 1 is 0.628 bits per heavy atom. The normalized spacial score (nSPS) is 14.3. The monoisotopic (exact) mass is 1800 g/mol. The van der Waals surface area contributed by atoms with Crippen LogP contribution in [0.1, 0.15) is 97.8 Å². The third-order valence-corrected chi connectivity index (χ3v) is 17.2. The number of aromatic amines is 8. The second-order valence-corrected chi connectivity index (χ2v) is 25.9. The quantitative estimate of drug-likeness (QED) is 0.00500. The first-order chi connectivity index (χ1) is 53.3. The fourth-order valence-corrected chi connectivity index (χ4v) is 11.8. The Kier molecular flexibility index (Phi) is 40.1. The van der Waals surface area contributed by atoms with Gasteiger partial charge in [-0.05, 0) is 35.3 Å². The van der Waals surface area contributed by atoms with E-state index in [9.17, 15) is 58.2 Å². The number of nitrogen functional groups attached to an aromatic ring is 1. The number of nitrogens with zero attached hydrogens (tertiary/aromatic N) is 17. The van der Waals surface area contributed by atoms with Gasteiger partial charge >= 0.3 is 52.3 Å². The molecular weight excluding hydrogens is 1710 g/mol. The molecule has 4 atom stereocenters. The predicted molar refractivity (Wildman–Crippen MR) is 439 cm³/mol. The zero-order chi connectivity index (χ0) is 81.6. The van der Waals surface area contributed by atoms with Gasteiger partial charge in [-0.25, -0.2) is 49.1 Å². The van der Waals surface area contributed by atoms with Gasteiger partial charge in [0.1, 0.15) is 29.3 Å². The van der Waals surface area contributed by atoms with Crippen molar-refractivity contribution in [3.8, 4) is 0 Å². The van der Waals surface area contributed by atoms with Crippen LogP contribution in [0.25, 0.3) is 55.8 Å². The number of aryl methyl sites for hydroxylation is 1. The van der Waals surface area contributed by atoms with Crippen LogP contribution in [-0.2, 0) is 50.4 Å². The maximum absolute atomic E-state index is 11.9. The smallest absolute Gasteiger partial charge is 0.444 e. The fourth-order valence-electron chi connectivity index (χ4n) is 10.7. The average Bonchev–Trinajstić information content (AvgIpc) is 1.65. The van der Waals surface area contributed by atoms with E-state index in [4.69, 9.17) is 48.9 Å². The molecule has 0 amide bonds. The van der Waals surface area contributed by atoms with Crippen molar-refractivity contribution in [3.05, 3.63) is 201 Å². The number of ether oxygens (including phenoxy) is 1. The summed E-state index contributed by atoms with van der Waals surface area (Å²) in [4.78, 5) is 178. The van der Waals surface area contributed by atoms with Gasteiger partial charge in [0, 0.05) is 57.2 Å². The minimum atomic E-state index is -1.29. The van der Waals surface area contributed by atoms with Crippen molar-refractivity contribution in [2.24, 2.45) is 15.3 Å². The third kappa shape index (κ3) is 25.2. The molecule has 13 heterocycles. The van der Waals surface area contributed by atoms with Gasteiger partial charge in [0.15, 0.2) is 62.0 Å². The van der Waals surface area contributed by atoms with Gasteiger partial charge in [-0.15, -0.1) is 31.7 Å². The molecule has 11 aromatic rings. The molecule has 47 heteroatoms. The molecule has 0 aromatic carbocycles. The number of aliphatic hydroxyl groups is 3. The van der Waals surface area contributed by atoms with Crippen molar-refractivity contribution in [1.82, 2.24) is 107 Å². The Morgan fingerprint density at radius 3 is 1.73 bits per heavy atom. The molecule has 13 rings (SSSR count). The number of nitrogens with one attached hydrogen (secondary N) is 8. The number of alkyl halides is 2. The summed E-state index contributed by atoms with van der Waals surface area (Å²) in [6.07, 6.45) is 20.1. The van der Waals surface area contributed by atoms with E-state index in [-0.39, 0.29) is 87.6 Å². The Labute approximate surface area is 692 Å². The Balaban J connectivity index is 0.000000279. The van der Waals surface area contributed by atoms with Gasteiger partial charge in [0.25, 0.3) is 33.4 Å². The Bertz CT molecular complexity index is 5740. The van der Waals surface area contributed by atoms with Crippen molar-refractivity contribution in [3.63, 3.8) is 0 Å². The number of allylic oxidation sites excluding steroid dienone is 4. The van der Waals surface area contributed by atoms with Gasteiger partial charge in [0.05, 0.1) is 37.5 Å². The predicted octanol–water partition coefficient (Wildman–Crippen LogP) is 1.88. The van der Waals surface area contributed by atoms with E-state index >= 15 is 0 Å². The molecule has 0 unspecified atom stereocenters. The molecule has 113 heavy (non-hydrogen) atoms. The van der Waals surface area contributed by atoms with Crippen LogP contribution in [0.3, 0.4) is 0 Å². The summed E-state index contributed by atoms with van der Waals surface area (Å²) in [6, 6.07) is 0. The summed E-state index contributed by atoms with van der Waals surface area (Å²) >= 11 is 17.2. The zero-order valence-corrected chi connectivity index (χ0v) is 68.4. The van der Waals surface area contributed by atoms with Crippen LogP contribution in [0.4, 0.5) is 17.7 Å². The van der Waals surface area contributed by atoms with Crippen molar-refractivity contribution in [1.29, 1.82) is 0 Å². The molecular formula is C66H85BrCl2IN26NaO16. The topological polar surface area (TPSA) is 595 Å². The molecule has 604 valence electrons. The number of rotatable bonds is 23. The van der Waals surface area contributed by atoms with E-state index < -0.39 is 76.1 Å². The number of aliphatic imine (C=N–C) groups is 2. The van der Waals surface area contributed by atoms with Crippen molar-refractivity contribution in [2.75, 3.05) is 22.1 Å². The van der Waals surface area contributed by atoms with Crippen LogP contribution in [0, 0.1) is 10.1 Å². The number of H-pyrrole nitrogens is 8. The maximum Gasteiger partial charge on any atom is 1.00 e. The van der Waals surface area contributed by atoms with Gasteiger partial charge in [0.2, 0.25) is 17.2 Å². The number of aliphatic hydroxyl groups excluding tert-OH is 3. The molecule has 0 spiro atoms. The summed E-state index contributed by atoms with van der Waals surface area (Å²) in [5.41, 5.74) is 4.42. The second-order valence-electron chi connectivity index (χ2n) is 23.4. The first-order valence-electron chi connectivity index (χ1n) is 33.9. The van der Waals surface area contributed by atoms with Crippen LogP contribution >= 0.6 is 61.7 Å². The summed E-state index contributed by atoms with van der Waals surface area (Å²) in [5.74, 6) is 0.585. The molecule has 11 aromatic heterocycles. The summed E-state index contributed by atoms with van der Waals surface area (Å²) in [6.45, 7) is 23.3. The molecule has 2 aliphatic heterocycles. The molecule has 0 radical (unpaired) electrons. The molecule has 0 bridgehead atoms. The van der Waals surface area contributed by atoms with Gasteiger partial charge in [-0.1, -0.05) is 141 Å². The van der Waals surface area contributed by atoms with Crippen LogP contribution in [0.15, 0.2) is 139 Å². The Hall–Kier alpha value is -10.0. The van der Waals surface area contributed by atoms with Gasteiger partial charge in [-0.3, -0.25) is 82.3 Å². The zero-order valence-electron chi connectivity index (χ0n) is 61.1. The number of hydrogen-bond donors (Lipinski definition) is 12. The molecule has 0 aliphatic carbocycles. The standard InChI is InChI=1S/C13H18N4O2.C11H14ClN3O2.C10H10BrN5O.C10H13N5O5.C8H7ClN4O2.C8H8N4O2.C5H11I.CH4.HNO2.Na/c1-3-5-6-8-17-11-10(12(18)15-13(17)19)16(7-4-2)9-14-11;1-2-3-4-5-15-9-7(6-8(12)13-9)10(16)14-11(15)17;1-2-5-16-6-13-8-7(16)9(17)15-10(14-8)12-4-3-11;11-10-13-7-4(8(19)14-10)12-2-15(7)9-6(18)5(17)3(1-16)20-9;1-2-3-13-4-5(10-7(13)9)11-8(15)12-6(4)14;1-2-3-12-4-9-6-5(12)7(13)11-8(14)10-6;1-2-3-4-5-6;;2-1-3;/h4,9H,2-3,5-8H2,1H3,(H,15,18,19);2-6H2,1H3,(H,14,16,17);2,4,6H,1,3,5H2,(H,14,15,17);2-3,5-6,9,16-18H,1H2,(H3,11,13,14,19);2H,1,3H2,(H2,11,12,14,15);2,4H,1,3H2,(H2,10,11,13,14);2-5H2,1H3;1H4;(H,2,3);/q;;;;;;;;;+1/p-1/t;;;3-,5-,6-,9-;;;;;;/m...0....../s1. The van der Waals surface area contributed by atoms with E-state index in [1.807, 2.05) is 0 Å². The molecule has 0 saturated carbocycles. The van der Waals surface area contributed by atoms with E-state index in [1.165, 1.54) is 54.6 Å². The summed E-state index contributed by atoms with van der Waals surface area (Å²) in [5, 5.41) is 38.8.